The highest BCUT2D eigenvalue weighted by molar-refractivity contribution is 9.10. The minimum Gasteiger partial charge on any atom is -0.378 e. The van der Waals surface area contributed by atoms with Crippen LogP contribution in [-0.2, 0) is 0 Å². The molecule has 0 radical (unpaired) electrons. The number of hydrogen-bond donors (Lipinski definition) is 1. The summed E-state index contributed by atoms with van der Waals surface area (Å²) in [6.45, 7) is 5.34. The summed E-state index contributed by atoms with van der Waals surface area (Å²) < 4.78 is 13.5. The Labute approximate surface area is 120 Å². The third kappa shape index (κ3) is 4.43. The Morgan fingerprint density at radius 2 is 2.16 bits per heavy atom. The second-order valence-corrected chi connectivity index (χ2v) is 5.40. The first-order valence-corrected chi connectivity index (χ1v) is 6.69. The summed E-state index contributed by atoms with van der Waals surface area (Å²) in [6.07, 6.45) is 0. The molecule has 0 heterocycles. The van der Waals surface area contributed by atoms with Gasteiger partial charge in [0.2, 0.25) is 0 Å². The van der Waals surface area contributed by atoms with E-state index in [1.807, 2.05) is 7.05 Å². The van der Waals surface area contributed by atoms with Gasteiger partial charge in [0.05, 0.1) is 9.40 Å². The molecule has 1 rings (SSSR count). The number of halogens is 2. The maximum absolute atomic E-state index is 13.4. The molecular formula is C12H17BrFN3O2. The topological polar surface area (TPSA) is 58.4 Å². The van der Waals surface area contributed by atoms with Crippen molar-refractivity contribution in [2.75, 3.05) is 25.5 Å². The van der Waals surface area contributed by atoms with E-state index in [1.165, 1.54) is 6.07 Å². The van der Waals surface area contributed by atoms with Gasteiger partial charge in [0.15, 0.2) is 0 Å². The number of rotatable bonds is 6. The summed E-state index contributed by atoms with van der Waals surface area (Å²) in [6, 6.07) is 2.69. The van der Waals surface area contributed by atoms with Gasteiger partial charge in [-0.3, -0.25) is 10.1 Å². The molecule has 0 unspecified atom stereocenters. The van der Waals surface area contributed by atoms with E-state index >= 15 is 0 Å². The Kier molecular flexibility index (Phi) is 5.68. The van der Waals surface area contributed by atoms with Crippen LogP contribution in [0.1, 0.15) is 13.8 Å². The van der Waals surface area contributed by atoms with Gasteiger partial charge in [-0.2, -0.15) is 0 Å². The summed E-state index contributed by atoms with van der Waals surface area (Å²) in [5.41, 5.74) is 0.0586. The Bertz CT molecular complexity index is 469. The molecule has 0 aromatic heterocycles. The van der Waals surface area contributed by atoms with E-state index in [-0.39, 0.29) is 15.8 Å². The first-order valence-electron chi connectivity index (χ1n) is 5.90. The van der Waals surface area contributed by atoms with Crippen molar-refractivity contribution >= 4 is 27.3 Å². The lowest BCUT2D eigenvalue weighted by molar-refractivity contribution is -0.384. The van der Waals surface area contributed by atoms with Gasteiger partial charge < -0.3 is 10.2 Å². The summed E-state index contributed by atoms with van der Waals surface area (Å²) in [5, 5.41) is 13.8. The summed E-state index contributed by atoms with van der Waals surface area (Å²) >= 11 is 2.94. The van der Waals surface area contributed by atoms with Gasteiger partial charge in [0, 0.05) is 31.3 Å². The summed E-state index contributed by atoms with van der Waals surface area (Å²) in [4.78, 5) is 12.5. The number of nitro benzene ring substituents is 1. The fraction of sp³-hybridized carbons (Fsp3) is 0.500. The third-order valence-electron chi connectivity index (χ3n) is 2.90. The molecule has 0 amide bonds. The van der Waals surface area contributed by atoms with Gasteiger partial charge in [-0.15, -0.1) is 0 Å². The molecule has 106 valence electrons. The van der Waals surface area contributed by atoms with Gasteiger partial charge >= 0.3 is 0 Å². The molecule has 1 aromatic carbocycles. The monoisotopic (exact) mass is 333 g/mol. The Hall–Kier alpha value is -1.21. The normalized spacial score (nSPS) is 11.1. The minimum absolute atomic E-state index is 0.0871. The standard InChI is InChI=1S/C12H17BrFN3O2/c1-8(2)16(3)5-4-15-11-7-10(14)9(13)6-12(11)17(18)19/h6-8,15H,4-5H2,1-3H3. The average molecular weight is 334 g/mol. The van der Waals surface area contributed by atoms with E-state index in [9.17, 15) is 14.5 Å². The van der Waals surface area contributed by atoms with Crippen molar-refractivity contribution in [1.29, 1.82) is 0 Å². The van der Waals surface area contributed by atoms with Crippen molar-refractivity contribution in [3.8, 4) is 0 Å². The molecule has 7 heteroatoms. The number of nitrogens with one attached hydrogen (secondary N) is 1. The number of nitrogens with zero attached hydrogens (tertiary/aromatic N) is 2. The van der Waals surface area contributed by atoms with Crippen LogP contribution in [-0.4, -0.2) is 36.0 Å². The highest BCUT2D eigenvalue weighted by Crippen LogP contribution is 2.30. The quantitative estimate of drug-likeness (QED) is 0.641. The number of anilines is 1. The van der Waals surface area contributed by atoms with Crippen LogP contribution in [0, 0.1) is 15.9 Å². The van der Waals surface area contributed by atoms with Gasteiger partial charge in [-0.25, -0.2) is 4.39 Å². The molecule has 0 aliphatic rings. The number of hydrogen-bond acceptors (Lipinski definition) is 4. The Morgan fingerprint density at radius 1 is 1.53 bits per heavy atom. The van der Waals surface area contributed by atoms with Crippen molar-refractivity contribution in [3.05, 3.63) is 32.5 Å². The van der Waals surface area contributed by atoms with Crippen LogP contribution in [0.25, 0.3) is 0 Å². The first kappa shape index (κ1) is 15.8. The molecule has 0 aliphatic carbocycles. The molecule has 0 aliphatic heterocycles. The highest BCUT2D eigenvalue weighted by atomic mass is 79.9. The van der Waals surface area contributed by atoms with Crippen molar-refractivity contribution in [2.45, 2.75) is 19.9 Å². The van der Waals surface area contributed by atoms with E-state index in [0.29, 0.717) is 19.1 Å². The van der Waals surface area contributed by atoms with Crippen LogP contribution in [0.3, 0.4) is 0 Å². The molecular weight excluding hydrogens is 317 g/mol. The predicted octanol–water partition coefficient (Wildman–Crippen LogP) is 3.25. The van der Waals surface area contributed by atoms with Crippen LogP contribution in [0.2, 0.25) is 0 Å². The molecule has 0 saturated carbocycles. The fourth-order valence-corrected chi connectivity index (χ4v) is 1.79. The Morgan fingerprint density at radius 3 is 2.68 bits per heavy atom. The molecule has 0 bridgehead atoms. The summed E-state index contributed by atoms with van der Waals surface area (Å²) in [7, 11) is 1.96. The maximum Gasteiger partial charge on any atom is 0.293 e. The van der Waals surface area contributed by atoms with E-state index in [4.69, 9.17) is 0 Å². The second-order valence-electron chi connectivity index (χ2n) is 4.54. The van der Waals surface area contributed by atoms with Crippen molar-refractivity contribution < 1.29 is 9.31 Å². The molecule has 5 nitrogen and oxygen atoms in total. The van der Waals surface area contributed by atoms with Gasteiger partial charge in [-0.1, -0.05) is 0 Å². The van der Waals surface area contributed by atoms with Crippen LogP contribution in [0.5, 0.6) is 0 Å². The van der Waals surface area contributed by atoms with Gasteiger partial charge in [0.25, 0.3) is 5.69 Å². The van der Waals surface area contributed by atoms with Crippen molar-refractivity contribution in [1.82, 2.24) is 4.90 Å². The van der Waals surface area contributed by atoms with Crippen molar-refractivity contribution in [2.24, 2.45) is 0 Å². The Balaban J connectivity index is 2.77. The zero-order valence-electron chi connectivity index (χ0n) is 11.1. The number of likely N-dealkylation sites (N-methyl/N-ethyl adjacent to an activating group) is 1. The van der Waals surface area contributed by atoms with Gasteiger partial charge in [-0.05, 0) is 36.8 Å². The number of nitro groups is 1. The van der Waals surface area contributed by atoms with Crippen LogP contribution in [0.15, 0.2) is 16.6 Å². The SMILES string of the molecule is CC(C)N(C)CCNc1cc(F)c(Br)cc1[N+](=O)[O-]. The lowest BCUT2D eigenvalue weighted by Crippen LogP contribution is -2.31. The highest BCUT2D eigenvalue weighted by Gasteiger charge is 2.17. The zero-order valence-corrected chi connectivity index (χ0v) is 12.7. The molecule has 1 N–H and O–H groups in total. The molecule has 19 heavy (non-hydrogen) atoms. The molecule has 0 saturated heterocycles. The predicted molar refractivity (Wildman–Crippen MR) is 77.0 cm³/mol. The largest absolute Gasteiger partial charge is 0.378 e. The molecule has 0 spiro atoms. The van der Waals surface area contributed by atoms with E-state index in [0.717, 1.165) is 6.07 Å². The van der Waals surface area contributed by atoms with Crippen molar-refractivity contribution in [3.63, 3.8) is 0 Å². The summed E-state index contributed by atoms with van der Waals surface area (Å²) in [5.74, 6) is -0.523. The molecule has 0 atom stereocenters. The van der Waals surface area contributed by atoms with Crippen LogP contribution < -0.4 is 5.32 Å². The zero-order chi connectivity index (χ0) is 14.6. The lowest BCUT2D eigenvalue weighted by Gasteiger charge is -2.21. The maximum atomic E-state index is 13.4. The van der Waals surface area contributed by atoms with Crippen LogP contribution in [0.4, 0.5) is 15.8 Å². The smallest absolute Gasteiger partial charge is 0.293 e. The second kappa shape index (κ2) is 6.81. The van der Waals surface area contributed by atoms with E-state index in [1.54, 1.807) is 0 Å². The lowest BCUT2D eigenvalue weighted by atomic mass is 10.2. The third-order valence-corrected chi connectivity index (χ3v) is 3.50. The van der Waals surface area contributed by atoms with E-state index < -0.39 is 10.7 Å². The fourth-order valence-electron chi connectivity index (χ4n) is 1.45. The molecule has 0 fully saturated rings. The molecule has 1 aromatic rings. The minimum atomic E-state index is -0.529. The van der Waals surface area contributed by atoms with E-state index in [2.05, 4.69) is 40.0 Å². The average Bonchev–Trinajstić information content (AvgIpc) is 2.32. The van der Waals surface area contributed by atoms with Crippen LogP contribution >= 0.6 is 15.9 Å². The first-order chi connectivity index (χ1) is 8.82. The van der Waals surface area contributed by atoms with Gasteiger partial charge in [0.1, 0.15) is 11.5 Å². The number of benzene rings is 1.